The van der Waals surface area contributed by atoms with E-state index in [9.17, 15) is 4.39 Å². The van der Waals surface area contributed by atoms with Crippen LogP contribution in [0.2, 0.25) is 0 Å². The van der Waals surface area contributed by atoms with Crippen LogP contribution < -0.4 is 5.32 Å². The lowest BCUT2D eigenvalue weighted by Crippen LogP contribution is -2.42. The normalized spacial score (nSPS) is 13.9. The summed E-state index contributed by atoms with van der Waals surface area (Å²) in [5.74, 6) is -0.182. The molecule has 0 saturated heterocycles. The third kappa shape index (κ3) is 3.31. The van der Waals surface area contributed by atoms with Gasteiger partial charge in [-0.25, -0.2) is 4.39 Å². The van der Waals surface area contributed by atoms with Crippen LogP contribution in [0, 0.1) is 5.82 Å². The Bertz CT molecular complexity index is 303. The first-order chi connectivity index (χ1) is 6.95. The Hall–Kier alpha value is -0.890. The van der Waals surface area contributed by atoms with E-state index in [4.69, 9.17) is 0 Å². The first kappa shape index (κ1) is 12.2. The number of nitrogens with one attached hydrogen (secondary N) is 1. The van der Waals surface area contributed by atoms with Gasteiger partial charge in [0.2, 0.25) is 0 Å². The van der Waals surface area contributed by atoms with Crippen molar-refractivity contribution in [3.05, 3.63) is 35.6 Å². The first-order valence-electron chi connectivity index (χ1n) is 5.49. The van der Waals surface area contributed by atoms with Crippen molar-refractivity contribution in [2.75, 3.05) is 0 Å². The third-order valence-electron chi connectivity index (χ3n) is 2.79. The van der Waals surface area contributed by atoms with E-state index in [0.717, 1.165) is 12.0 Å². The highest BCUT2D eigenvalue weighted by Gasteiger charge is 2.21. The van der Waals surface area contributed by atoms with Gasteiger partial charge in [0.05, 0.1) is 0 Å². The number of rotatable bonds is 4. The van der Waals surface area contributed by atoms with E-state index in [-0.39, 0.29) is 11.4 Å². The minimum absolute atomic E-state index is 0.108. The topological polar surface area (TPSA) is 12.0 Å². The van der Waals surface area contributed by atoms with E-state index < -0.39 is 0 Å². The molecule has 15 heavy (non-hydrogen) atoms. The van der Waals surface area contributed by atoms with Crippen molar-refractivity contribution in [2.24, 2.45) is 0 Å². The second kappa shape index (κ2) is 4.75. The van der Waals surface area contributed by atoms with Crippen LogP contribution in [-0.2, 0) is 5.54 Å². The largest absolute Gasteiger partial charge is 0.305 e. The van der Waals surface area contributed by atoms with Crippen LogP contribution in [0.3, 0.4) is 0 Å². The fraction of sp³-hybridized carbons (Fsp3) is 0.538. The second-order valence-corrected chi connectivity index (χ2v) is 4.59. The van der Waals surface area contributed by atoms with E-state index in [1.54, 1.807) is 0 Å². The van der Waals surface area contributed by atoms with Gasteiger partial charge in [0.25, 0.3) is 0 Å². The fourth-order valence-electron chi connectivity index (χ4n) is 1.67. The molecule has 0 bridgehead atoms. The molecular weight excluding hydrogens is 189 g/mol. The molecule has 0 aliphatic rings. The van der Waals surface area contributed by atoms with Crippen molar-refractivity contribution in [1.29, 1.82) is 0 Å². The summed E-state index contributed by atoms with van der Waals surface area (Å²) < 4.78 is 12.8. The molecule has 1 rings (SSSR count). The predicted molar refractivity (Wildman–Crippen MR) is 62.3 cm³/mol. The highest BCUT2D eigenvalue weighted by molar-refractivity contribution is 5.23. The summed E-state index contributed by atoms with van der Waals surface area (Å²) in [6, 6.07) is 7.16. The van der Waals surface area contributed by atoms with E-state index in [1.165, 1.54) is 12.1 Å². The summed E-state index contributed by atoms with van der Waals surface area (Å²) in [5.41, 5.74) is 1.01. The predicted octanol–water partition coefficient (Wildman–Crippen LogP) is 3.45. The highest BCUT2D eigenvalue weighted by Crippen LogP contribution is 2.21. The van der Waals surface area contributed by atoms with Gasteiger partial charge in [-0.05, 0) is 44.9 Å². The zero-order valence-corrected chi connectivity index (χ0v) is 9.97. The Kier molecular flexibility index (Phi) is 3.86. The van der Waals surface area contributed by atoms with Gasteiger partial charge < -0.3 is 5.32 Å². The third-order valence-corrected chi connectivity index (χ3v) is 2.79. The van der Waals surface area contributed by atoms with Crippen LogP contribution in [0.4, 0.5) is 4.39 Å². The molecule has 1 aromatic rings. The Morgan fingerprint density at radius 2 is 1.80 bits per heavy atom. The summed E-state index contributed by atoms with van der Waals surface area (Å²) in [6.45, 7) is 8.54. The monoisotopic (exact) mass is 209 g/mol. The molecule has 1 aromatic carbocycles. The Balaban J connectivity index is 2.80. The van der Waals surface area contributed by atoms with Crippen molar-refractivity contribution in [3.63, 3.8) is 0 Å². The van der Waals surface area contributed by atoms with Gasteiger partial charge in [0.15, 0.2) is 0 Å². The highest BCUT2D eigenvalue weighted by atomic mass is 19.1. The van der Waals surface area contributed by atoms with Crippen LogP contribution in [-0.4, -0.2) is 6.04 Å². The van der Waals surface area contributed by atoms with Crippen molar-refractivity contribution in [2.45, 2.75) is 45.7 Å². The maximum absolute atomic E-state index is 12.8. The van der Waals surface area contributed by atoms with Crippen molar-refractivity contribution >= 4 is 0 Å². The fourth-order valence-corrected chi connectivity index (χ4v) is 1.67. The summed E-state index contributed by atoms with van der Waals surface area (Å²) in [6.07, 6.45) is 1.09. The molecule has 0 amide bonds. The van der Waals surface area contributed by atoms with E-state index >= 15 is 0 Å². The molecule has 84 valence electrons. The van der Waals surface area contributed by atoms with Crippen LogP contribution in [0.15, 0.2) is 24.3 Å². The van der Waals surface area contributed by atoms with Crippen LogP contribution in [0.25, 0.3) is 0 Å². The number of hydrogen-bond donors (Lipinski definition) is 1. The lowest BCUT2D eigenvalue weighted by Gasteiger charge is -2.30. The van der Waals surface area contributed by atoms with E-state index in [0.29, 0.717) is 6.04 Å². The van der Waals surface area contributed by atoms with Gasteiger partial charge in [-0.3, -0.25) is 0 Å². The number of benzene rings is 1. The molecule has 0 aromatic heterocycles. The minimum atomic E-state index is -0.182. The zero-order chi connectivity index (χ0) is 11.5. The average molecular weight is 209 g/mol. The van der Waals surface area contributed by atoms with E-state index in [2.05, 4.69) is 33.0 Å². The Labute approximate surface area is 91.7 Å². The summed E-state index contributed by atoms with van der Waals surface area (Å²) in [4.78, 5) is 0. The molecule has 2 heteroatoms. The Morgan fingerprint density at radius 1 is 1.27 bits per heavy atom. The van der Waals surface area contributed by atoms with Gasteiger partial charge in [-0.15, -0.1) is 0 Å². The van der Waals surface area contributed by atoms with Crippen molar-refractivity contribution in [1.82, 2.24) is 5.32 Å². The number of hydrogen-bond acceptors (Lipinski definition) is 1. The van der Waals surface area contributed by atoms with Crippen molar-refractivity contribution < 1.29 is 4.39 Å². The SMILES string of the molecule is CCC(C)NC(C)(C)c1ccc(F)cc1. The van der Waals surface area contributed by atoms with Gasteiger partial charge in [-0.2, -0.15) is 0 Å². The quantitative estimate of drug-likeness (QED) is 0.801. The smallest absolute Gasteiger partial charge is 0.123 e. The average Bonchev–Trinajstić information content (AvgIpc) is 2.17. The summed E-state index contributed by atoms with van der Waals surface area (Å²) in [5, 5.41) is 3.52. The molecule has 0 aliphatic heterocycles. The maximum Gasteiger partial charge on any atom is 0.123 e. The van der Waals surface area contributed by atoms with Gasteiger partial charge >= 0.3 is 0 Å². The number of halogens is 1. The Morgan fingerprint density at radius 3 is 2.27 bits per heavy atom. The van der Waals surface area contributed by atoms with Gasteiger partial charge in [0, 0.05) is 11.6 Å². The second-order valence-electron chi connectivity index (χ2n) is 4.59. The molecule has 0 saturated carbocycles. The van der Waals surface area contributed by atoms with Gasteiger partial charge in [0.1, 0.15) is 5.82 Å². The van der Waals surface area contributed by atoms with Crippen LogP contribution in [0.1, 0.15) is 39.7 Å². The molecular formula is C13H20FN. The first-order valence-corrected chi connectivity index (χ1v) is 5.49. The zero-order valence-electron chi connectivity index (χ0n) is 9.97. The van der Waals surface area contributed by atoms with Crippen LogP contribution in [0.5, 0.6) is 0 Å². The van der Waals surface area contributed by atoms with Crippen LogP contribution >= 0.6 is 0 Å². The molecule has 0 spiro atoms. The molecule has 0 aliphatic carbocycles. The minimum Gasteiger partial charge on any atom is -0.305 e. The van der Waals surface area contributed by atoms with Crippen molar-refractivity contribution in [3.8, 4) is 0 Å². The standard InChI is InChI=1S/C13H20FN/c1-5-10(2)15-13(3,4)11-6-8-12(14)9-7-11/h6-10,15H,5H2,1-4H3. The van der Waals surface area contributed by atoms with Gasteiger partial charge in [-0.1, -0.05) is 19.1 Å². The lowest BCUT2D eigenvalue weighted by atomic mass is 9.93. The molecule has 1 atom stereocenters. The maximum atomic E-state index is 12.8. The molecule has 1 unspecified atom stereocenters. The lowest BCUT2D eigenvalue weighted by molar-refractivity contribution is 0.347. The molecule has 1 nitrogen and oxygen atoms in total. The summed E-state index contributed by atoms with van der Waals surface area (Å²) >= 11 is 0. The molecule has 0 heterocycles. The molecule has 1 N–H and O–H groups in total. The summed E-state index contributed by atoms with van der Waals surface area (Å²) in [7, 11) is 0. The van der Waals surface area contributed by atoms with E-state index in [1.807, 2.05) is 12.1 Å². The molecule has 0 fully saturated rings. The molecule has 0 radical (unpaired) electrons.